The molecular formula is C33H32N6OS. The second-order valence-corrected chi connectivity index (χ2v) is 11.5. The molecular weight excluding hydrogens is 528 g/mol. The summed E-state index contributed by atoms with van der Waals surface area (Å²) in [6.45, 7) is 8.08. The summed E-state index contributed by atoms with van der Waals surface area (Å²) in [5.74, 6) is 0.757. The standard InChI is InChI=1S/C33H32N6OS/c1-4-40-28-8-6-5-7-27(28)29-32(17-34)19-37(25-13-9-23(2)10-14-25)20-33(29,18-35)31(41)39-22-38(21-36-30(32)39)26-15-11-24(3)12-16-26/h5-16,29H,4,19-22H2,1-3H3/t29-,32-,33-/m1/s1. The highest BCUT2D eigenvalue weighted by molar-refractivity contribution is 7.80. The number of anilines is 2. The fourth-order valence-electron chi connectivity index (χ4n) is 6.65. The third-order valence-electron chi connectivity index (χ3n) is 8.58. The fraction of sp³-hybridized carbons (Fsp3) is 0.333. The van der Waals surface area contributed by atoms with Gasteiger partial charge in [-0.3, -0.25) is 0 Å². The number of hydrogen-bond acceptors (Lipinski definition) is 7. The van der Waals surface area contributed by atoms with Crippen molar-refractivity contribution in [2.75, 3.05) is 42.8 Å². The number of rotatable bonds is 5. The van der Waals surface area contributed by atoms with Crippen molar-refractivity contribution in [3.05, 3.63) is 89.5 Å². The zero-order valence-electron chi connectivity index (χ0n) is 23.5. The molecule has 41 heavy (non-hydrogen) atoms. The molecule has 8 heteroatoms. The van der Waals surface area contributed by atoms with Crippen LogP contribution in [0.4, 0.5) is 11.4 Å². The van der Waals surface area contributed by atoms with E-state index in [1.807, 2.05) is 43.0 Å². The largest absolute Gasteiger partial charge is 0.494 e. The summed E-state index contributed by atoms with van der Waals surface area (Å²) in [7, 11) is 0. The first-order valence-electron chi connectivity index (χ1n) is 13.9. The van der Waals surface area contributed by atoms with Gasteiger partial charge in [0.05, 0.1) is 25.4 Å². The van der Waals surface area contributed by atoms with Crippen molar-refractivity contribution >= 4 is 34.4 Å². The Morgan fingerprint density at radius 3 is 2.07 bits per heavy atom. The van der Waals surface area contributed by atoms with Crippen molar-refractivity contribution in [1.29, 1.82) is 10.5 Å². The minimum Gasteiger partial charge on any atom is -0.494 e. The molecule has 7 nitrogen and oxygen atoms in total. The van der Waals surface area contributed by atoms with Gasteiger partial charge in [-0.05, 0) is 51.1 Å². The van der Waals surface area contributed by atoms with Crippen LogP contribution in [0.3, 0.4) is 0 Å². The van der Waals surface area contributed by atoms with Gasteiger partial charge in [-0.25, -0.2) is 4.99 Å². The van der Waals surface area contributed by atoms with Crippen molar-refractivity contribution in [2.45, 2.75) is 26.7 Å². The molecule has 0 radical (unpaired) electrons. The summed E-state index contributed by atoms with van der Waals surface area (Å²) in [5.41, 5.74) is 2.80. The third-order valence-corrected chi connectivity index (χ3v) is 9.16. The molecule has 3 aromatic carbocycles. The van der Waals surface area contributed by atoms with Crippen molar-refractivity contribution < 1.29 is 4.74 Å². The average molecular weight is 561 g/mol. The molecule has 2 bridgehead atoms. The minimum absolute atomic E-state index is 0.355. The van der Waals surface area contributed by atoms with Gasteiger partial charge in [-0.2, -0.15) is 10.5 Å². The van der Waals surface area contributed by atoms with Crippen molar-refractivity contribution in [3.63, 3.8) is 0 Å². The summed E-state index contributed by atoms with van der Waals surface area (Å²) >= 11 is 6.27. The maximum absolute atomic E-state index is 11.2. The number of nitriles is 2. The number of aliphatic imine (C=N–C) groups is 1. The fourth-order valence-corrected chi connectivity index (χ4v) is 7.02. The Hall–Kier alpha value is -4.40. The molecule has 0 amide bonds. The van der Waals surface area contributed by atoms with Gasteiger partial charge < -0.3 is 19.4 Å². The highest BCUT2D eigenvalue weighted by Crippen LogP contribution is 2.60. The van der Waals surface area contributed by atoms with E-state index in [1.54, 1.807) is 0 Å². The zero-order valence-corrected chi connectivity index (χ0v) is 24.4. The molecule has 0 saturated carbocycles. The number of ether oxygens (including phenoxy) is 1. The molecule has 2 saturated heterocycles. The molecule has 6 rings (SSSR count). The van der Waals surface area contributed by atoms with Gasteiger partial charge in [0, 0.05) is 35.9 Å². The molecule has 3 aliphatic heterocycles. The molecule has 2 fully saturated rings. The molecule has 0 aliphatic carbocycles. The first-order valence-corrected chi connectivity index (χ1v) is 14.3. The number of amidine groups is 1. The summed E-state index contributed by atoms with van der Waals surface area (Å²) in [5, 5.41) is 22.4. The Labute approximate surface area is 246 Å². The van der Waals surface area contributed by atoms with Gasteiger partial charge in [0.25, 0.3) is 0 Å². The van der Waals surface area contributed by atoms with Gasteiger partial charge in [-0.1, -0.05) is 65.8 Å². The summed E-state index contributed by atoms with van der Waals surface area (Å²) in [4.78, 5) is 11.8. The van der Waals surface area contributed by atoms with Gasteiger partial charge in [-0.15, -0.1) is 0 Å². The van der Waals surface area contributed by atoms with Gasteiger partial charge >= 0.3 is 0 Å². The van der Waals surface area contributed by atoms with Crippen molar-refractivity contribution in [3.8, 4) is 17.9 Å². The molecule has 0 N–H and O–H groups in total. The molecule has 0 aromatic heterocycles. The number of benzene rings is 3. The van der Waals surface area contributed by atoms with Crippen molar-refractivity contribution in [2.24, 2.45) is 15.8 Å². The van der Waals surface area contributed by atoms with Crippen LogP contribution in [-0.2, 0) is 0 Å². The lowest BCUT2D eigenvalue weighted by Crippen LogP contribution is -2.73. The molecule has 3 atom stereocenters. The van der Waals surface area contributed by atoms with E-state index >= 15 is 0 Å². The normalized spacial score (nSPS) is 25.1. The van der Waals surface area contributed by atoms with Gasteiger partial charge in [0.1, 0.15) is 34.1 Å². The van der Waals surface area contributed by atoms with Crippen LogP contribution in [0.5, 0.6) is 5.75 Å². The Kier molecular flexibility index (Phi) is 6.68. The van der Waals surface area contributed by atoms with E-state index in [-0.39, 0.29) is 0 Å². The van der Waals surface area contributed by atoms with Crippen LogP contribution in [0.25, 0.3) is 0 Å². The van der Waals surface area contributed by atoms with E-state index in [0.717, 1.165) is 22.5 Å². The van der Waals surface area contributed by atoms with E-state index in [4.69, 9.17) is 21.9 Å². The van der Waals surface area contributed by atoms with Crippen LogP contribution in [0.1, 0.15) is 29.5 Å². The second-order valence-electron chi connectivity index (χ2n) is 11.1. The van der Waals surface area contributed by atoms with Crippen LogP contribution in [0.15, 0.2) is 77.8 Å². The maximum Gasteiger partial charge on any atom is 0.141 e. The quantitative estimate of drug-likeness (QED) is 0.365. The van der Waals surface area contributed by atoms with Crippen LogP contribution in [0.2, 0.25) is 0 Å². The summed E-state index contributed by atoms with van der Waals surface area (Å²) in [6.07, 6.45) is 0. The van der Waals surface area contributed by atoms with E-state index < -0.39 is 16.7 Å². The van der Waals surface area contributed by atoms with Crippen LogP contribution < -0.4 is 14.5 Å². The lowest BCUT2D eigenvalue weighted by atomic mass is 9.53. The number of fused-ring (bicyclic) bond motifs is 4. The molecule has 3 aromatic rings. The highest BCUT2D eigenvalue weighted by Gasteiger charge is 2.68. The minimum atomic E-state index is -1.18. The summed E-state index contributed by atoms with van der Waals surface area (Å²) < 4.78 is 6.08. The predicted molar refractivity (Wildman–Crippen MR) is 165 cm³/mol. The van der Waals surface area contributed by atoms with Gasteiger partial charge in [0.15, 0.2) is 0 Å². The molecule has 0 unspecified atom stereocenters. The Morgan fingerprint density at radius 1 is 0.878 bits per heavy atom. The molecule has 206 valence electrons. The van der Waals surface area contributed by atoms with E-state index in [0.29, 0.717) is 49.6 Å². The monoisotopic (exact) mass is 560 g/mol. The Morgan fingerprint density at radius 2 is 1.46 bits per heavy atom. The summed E-state index contributed by atoms with van der Waals surface area (Å²) in [6, 6.07) is 29.7. The van der Waals surface area contributed by atoms with Crippen molar-refractivity contribution in [1.82, 2.24) is 4.90 Å². The highest BCUT2D eigenvalue weighted by atomic mass is 32.1. The topological polar surface area (TPSA) is 78.9 Å². The maximum atomic E-state index is 11.2. The average Bonchev–Trinajstić information content (AvgIpc) is 3.00. The SMILES string of the molecule is CCOc1ccccc1[C@H]1[C@@]2(C#N)CN(c3ccc(C)cc3)C[C@@]1(C#N)C1=NCN(c3ccc(C)cc3)CN1C2=S. The van der Waals surface area contributed by atoms with Gasteiger partial charge in [0.2, 0.25) is 0 Å². The first-order chi connectivity index (χ1) is 19.9. The van der Waals surface area contributed by atoms with E-state index in [2.05, 4.69) is 77.4 Å². The number of nitrogens with zero attached hydrogens (tertiary/aromatic N) is 6. The lowest BCUT2D eigenvalue weighted by Gasteiger charge is -2.61. The van der Waals surface area contributed by atoms with E-state index in [9.17, 15) is 10.5 Å². The first kappa shape index (κ1) is 26.8. The number of piperidine rings is 2. The predicted octanol–water partition coefficient (Wildman–Crippen LogP) is 5.80. The lowest BCUT2D eigenvalue weighted by molar-refractivity contribution is 0.201. The number of hydrogen-bond donors (Lipinski definition) is 0. The molecule has 3 heterocycles. The van der Waals surface area contributed by atoms with Crippen LogP contribution in [0, 0.1) is 47.3 Å². The Bertz CT molecular complexity index is 1600. The zero-order chi connectivity index (χ0) is 28.8. The van der Waals surface area contributed by atoms with Crippen LogP contribution in [-0.4, -0.2) is 48.8 Å². The number of aryl methyl sites for hydroxylation is 2. The Balaban J connectivity index is 1.56. The van der Waals surface area contributed by atoms with E-state index in [1.165, 1.54) is 5.56 Å². The van der Waals surface area contributed by atoms with Crippen LogP contribution >= 0.6 is 12.2 Å². The smallest absolute Gasteiger partial charge is 0.141 e. The molecule has 0 spiro atoms. The molecule has 3 aliphatic rings. The number of thiocarbonyl (C=S) groups is 1. The third kappa shape index (κ3) is 4.13. The number of para-hydroxylation sites is 1. The second kappa shape index (κ2) is 10.2.